The number of hydrogen-bond acceptors (Lipinski definition) is 4. The molecule has 1 heterocycles. The Morgan fingerprint density at radius 2 is 1.69 bits per heavy atom. The Hall–Kier alpha value is -2.73. The standard InChI is InChI=1S/C24H19Cl3N2O3/c1-24(2,32-18-9-5-15(25)6-10-18)23(30)28-17-7-3-14(4-8-17)11-21-29-20-13-16(26)12-19(27)22(20)31-21/h3-10,12-13H,11H2,1-2H3,(H,28,30). The Morgan fingerprint density at radius 3 is 2.38 bits per heavy atom. The summed E-state index contributed by atoms with van der Waals surface area (Å²) in [5.41, 5.74) is 1.67. The Kier molecular flexibility index (Phi) is 6.33. The highest BCUT2D eigenvalue weighted by Gasteiger charge is 2.30. The number of benzene rings is 3. The van der Waals surface area contributed by atoms with Crippen LogP contribution in [0.15, 0.2) is 65.1 Å². The van der Waals surface area contributed by atoms with Crippen molar-refractivity contribution in [2.24, 2.45) is 0 Å². The average molecular weight is 490 g/mol. The number of hydrogen-bond donors (Lipinski definition) is 1. The van der Waals surface area contributed by atoms with E-state index in [4.69, 9.17) is 44.0 Å². The van der Waals surface area contributed by atoms with Crippen LogP contribution in [0, 0.1) is 0 Å². The quantitative estimate of drug-likeness (QED) is 0.312. The molecule has 0 fully saturated rings. The minimum Gasteiger partial charge on any atom is -0.478 e. The molecule has 4 rings (SSSR count). The van der Waals surface area contributed by atoms with E-state index in [0.29, 0.717) is 49.9 Å². The monoisotopic (exact) mass is 488 g/mol. The fraction of sp³-hybridized carbons (Fsp3) is 0.167. The molecule has 8 heteroatoms. The molecule has 1 N–H and O–H groups in total. The lowest BCUT2D eigenvalue weighted by Crippen LogP contribution is -2.42. The average Bonchev–Trinajstić information content (AvgIpc) is 3.13. The molecule has 1 aromatic heterocycles. The van der Waals surface area contributed by atoms with Crippen molar-refractivity contribution in [1.29, 1.82) is 0 Å². The molecule has 0 atom stereocenters. The van der Waals surface area contributed by atoms with Crippen LogP contribution in [0.2, 0.25) is 15.1 Å². The second-order valence-corrected chi connectivity index (χ2v) is 9.02. The second-order valence-electron chi connectivity index (χ2n) is 7.74. The molecule has 0 saturated carbocycles. The first-order valence-corrected chi connectivity index (χ1v) is 10.9. The van der Waals surface area contributed by atoms with Gasteiger partial charge in [0.2, 0.25) is 0 Å². The first-order valence-electron chi connectivity index (χ1n) is 9.79. The van der Waals surface area contributed by atoms with E-state index in [0.717, 1.165) is 5.56 Å². The second kappa shape index (κ2) is 9.02. The molecular weight excluding hydrogens is 471 g/mol. The van der Waals surface area contributed by atoms with E-state index in [1.54, 1.807) is 50.2 Å². The molecule has 1 amide bonds. The summed E-state index contributed by atoms with van der Waals surface area (Å²) in [6.45, 7) is 3.41. The van der Waals surface area contributed by atoms with Crippen LogP contribution in [0.3, 0.4) is 0 Å². The van der Waals surface area contributed by atoms with E-state index in [1.165, 1.54) is 0 Å². The molecule has 0 aliphatic heterocycles. The minimum atomic E-state index is -1.08. The topological polar surface area (TPSA) is 64.4 Å². The van der Waals surface area contributed by atoms with Crippen molar-refractivity contribution < 1.29 is 13.9 Å². The molecular formula is C24H19Cl3N2O3. The third-order valence-corrected chi connectivity index (χ3v) is 5.51. The lowest BCUT2D eigenvalue weighted by atomic mass is 10.1. The van der Waals surface area contributed by atoms with Crippen LogP contribution in [0.5, 0.6) is 5.75 Å². The van der Waals surface area contributed by atoms with Crippen molar-refractivity contribution in [2.75, 3.05) is 5.32 Å². The number of carbonyl (C=O) groups is 1. The minimum absolute atomic E-state index is 0.273. The van der Waals surface area contributed by atoms with E-state index >= 15 is 0 Å². The lowest BCUT2D eigenvalue weighted by molar-refractivity contribution is -0.128. The van der Waals surface area contributed by atoms with E-state index in [1.807, 2.05) is 24.3 Å². The maximum Gasteiger partial charge on any atom is 0.267 e. The predicted molar refractivity (Wildman–Crippen MR) is 128 cm³/mol. The fourth-order valence-corrected chi connectivity index (χ4v) is 3.73. The van der Waals surface area contributed by atoms with Crippen LogP contribution >= 0.6 is 34.8 Å². The molecule has 32 heavy (non-hydrogen) atoms. The van der Waals surface area contributed by atoms with Gasteiger partial charge in [-0.3, -0.25) is 4.79 Å². The highest BCUT2D eigenvalue weighted by Crippen LogP contribution is 2.29. The summed E-state index contributed by atoms with van der Waals surface area (Å²) in [6, 6.07) is 17.6. The van der Waals surface area contributed by atoms with Crippen molar-refractivity contribution in [3.63, 3.8) is 0 Å². The van der Waals surface area contributed by atoms with Gasteiger partial charge in [0.15, 0.2) is 17.1 Å². The predicted octanol–water partition coefficient (Wildman–Crippen LogP) is 7.17. The zero-order chi connectivity index (χ0) is 22.9. The fourth-order valence-electron chi connectivity index (χ4n) is 3.09. The molecule has 0 radical (unpaired) electrons. The van der Waals surface area contributed by atoms with Gasteiger partial charge < -0.3 is 14.5 Å². The lowest BCUT2D eigenvalue weighted by Gasteiger charge is -2.25. The summed E-state index contributed by atoms with van der Waals surface area (Å²) < 4.78 is 11.6. The highest BCUT2D eigenvalue weighted by atomic mass is 35.5. The first kappa shape index (κ1) is 22.5. The van der Waals surface area contributed by atoms with Gasteiger partial charge in [-0.25, -0.2) is 4.98 Å². The Balaban J connectivity index is 1.41. The van der Waals surface area contributed by atoms with Crippen LogP contribution < -0.4 is 10.1 Å². The van der Waals surface area contributed by atoms with Crippen molar-refractivity contribution >= 4 is 57.5 Å². The van der Waals surface area contributed by atoms with Crippen molar-refractivity contribution in [1.82, 2.24) is 4.98 Å². The maximum absolute atomic E-state index is 12.7. The van der Waals surface area contributed by atoms with E-state index in [-0.39, 0.29) is 5.91 Å². The van der Waals surface area contributed by atoms with Crippen LogP contribution in [0.25, 0.3) is 11.1 Å². The molecule has 0 saturated heterocycles. The molecule has 164 valence electrons. The van der Waals surface area contributed by atoms with Gasteiger partial charge in [-0.2, -0.15) is 0 Å². The van der Waals surface area contributed by atoms with Crippen molar-refractivity contribution in [3.05, 3.63) is 87.2 Å². The smallest absolute Gasteiger partial charge is 0.267 e. The van der Waals surface area contributed by atoms with Gasteiger partial charge in [-0.15, -0.1) is 0 Å². The Labute approximate surface area is 200 Å². The zero-order valence-corrected chi connectivity index (χ0v) is 19.6. The van der Waals surface area contributed by atoms with Crippen LogP contribution in [-0.4, -0.2) is 16.5 Å². The summed E-state index contributed by atoms with van der Waals surface area (Å²) in [6.07, 6.45) is 0.474. The molecule has 0 bridgehead atoms. The molecule has 4 aromatic rings. The number of rotatable bonds is 6. The molecule has 0 aliphatic carbocycles. The van der Waals surface area contributed by atoms with E-state index in [9.17, 15) is 4.79 Å². The van der Waals surface area contributed by atoms with Gasteiger partial charge in [-0.05, 0) is 67.9 Å². The van der Waals surface area contributed by atoms with Gasteiger partial charge >= 0.3 is 0 Å². The largest absolute Gasteiger partial charge is 0.478 e. The number of carbonyl (C=O) groups excluding carboxylic acids is 1. The van der Waals surface area contributed by atoms with Crippen LogP contribution in [-0.2, 0) is 11.2 Å². The van der Waals surface area contributed by atoms with Gasteiger partial charge in [0.1, 0.15) is 11.3 Å². The Bertz CT molecular complexity index is 1270. The molecule has 5 nitrogen and oxygen atoms in total. The third kappa shape index (κ3) is 5.18. The number of anilines is 1. The molecule has 0 aliphatic rings. The summed E-state index contributed by atoms with van der Waals surface area (Å²) in [5, 5.41) is 4.41. The van der Waals surface area contributed by atoms with Crippen molar-refractivity contribution in [3.8, 4) is 5.75 Å². The van der Waals surface area contributed by atoms with E-state index in [2.05, 4.69) is 10.3 Å². The van der Waals surface area contributed by atoms with Gasteiger partial charge in [0.25, 0.3) is 5.91 Å². The van der Waals surface area contributed by atoms with Crippen LogP contribution in [0.4, 0.5) is 5.69 Å². The number of aromatic nitrogens is 1. The summed E-state index contributed by atoms with van der Waals surface area (Å²) >= 11 is 18.1. The number of oxazole rings is 1. The van der Waals surface area contributed by atoms with Crippen molar-refractivity contribution in [2.45, 2.75) is 25.9 Å². The normalized spacial score (nSPS) is 11.5. The van der Waals surface area contributed by atoms with Gasteiger partial charge in [0.05, 0.1) is 5.02 Å². The van der Waals surface area contributed by atoms with Gasteiger partial charge in [0, 0.05) is 22.2 Å². The first-order chi connectivity index (χ1) is 15.2. The number of amides is 1. The summed E-state index contributed by atoms with van der Waals surface area (Å²) in [5.74, 6) is 0.814. The van der Waals surface area contributed by atoms with Crippen LogP contribution in [0.1, 0.15) is 25.3 Å². The molecule has 0 unspecified atom stereocenters. The Morgan fingerprint density at radius 1 is 1.00 bits per heavy atom. The maximum atomic E-state index is 12.7. The molecule has 0 spiro atoms. The molecule has 3 aromatic carbocycles. The number of nitrogens with zero attached hydrogens (tertiary/aromatic N) is 1. The zero-order valence-electron chi connectivity index (χ0n) is 17.3. The highest BCUT2D eigenvalue weighted by molar-refractivity contribution is 6.38. The summed E-state index contributed by atoms with van der Waals surface area (Å²) in [7, 11) is 0. The number of fused-ring (bicyclic) bond motifs is 1. The van der Waals surface area contributed by atoms with E-state index < -0.39 is 5.60 Å². The number of nitrogens with one attached hydrogen (secondary N) is 1. The SMILES string of the molecule is CC(C)(Oc1ccc(Cl)cc1)C(=O)Nc1ccc(Cc2nc3cc(Cl)cc(Cl)c3o2)cc1. The summed E-state index contributed by atoms with van der Waals surface area (Å²) in [4.78, 5) is 17.2. The number of halogens is 3. The third-order valence-electron chi connectivity index (χ3n) is 4.75. The number of ether oxygens (including phenoxy) is 1. The van der Waals surface area contributed by atoms with Gasteiger partial charge in [-0.1, -0.05) is 46.9 Å².